The molecule has 0 bridgehead atoms. The second kappa shape index (κ2) is 3.81. The van der Waals surface area contributed by atoms with E-state index in [1.807, 2.05) is 0 Å². The largest absolute Gasteiger partial charge is 0.479 e. The van der Waals surface area contributed by atoms with Crippen LogP contribution < -0.4 is 0 Å². The van der Waals surface area contributed by atoms with Gasteiger partial charge >= 0.3 is 5.97 Å². The number of halogens is 1. The molecule has 84 valence electrons. The van der Waals surface area contributed by atoms with Crippen LogP contribution in [0.1, 0.15) is 17.4 Å². The van der Waals surface area contributed by atoms with Crippen molar-refractivity contribution < 1.29 is 19.4 Å². The van der Waals surface area contributed by atoms with E-state index in [4.69, 9.17) is 21.1 Å². The summed E-state index contributed by atoms with van der Waals surface area (Å²) in [5.74, 6) is -0.923. The molecule has 1 atom stereocenters. The summed E-state index contributed by atoms with van der Waals surface area (Å²) in [6.07, 6.45) is -1.58. The van der Waals surface area contributed by atoms with Crippen LogP contribution in [0.5, 0.6) is 0 Å². The first-order valence-corrected chi connectivity index (χ1v) is 4.98. The summed E-state index contributed by atoms with van der Waals surface area (Å²) >= 11 is 5.78. The van der Waals surface area contributed by atoms with Gasteiger partial charge < -0.3 is 14.6 Å². The Morgan fingerprint density at radius 1 is 1.50 bits per heavy atom. The minimum atomic E-state index is -1.58. The lowest BCUT2D eigenvalue weighted by Gasteiger charge is -2.03. The maximum Gasteiger partial charge on any atom is 0.337 e. The average Bonchev–Trinajstić information content (AvgIpc) is 2.51. The topological polar surface area (TPSA) is 70.7 Å². The number of furan rings is 1. The van der Waals surface area contributed by atoms with E-state index in [-0.39, 0.29) is 5.56 Å². The van der Waals surface area contributed by atoms with Crippen LogP contribution in [-0.4, -0.2) is 16.2 Å². The highest BCUT2D eigenvalue weighted by Gasteiger charge is 2.24. The zero-order valence-electron chi connectivity index (χ0n) is 8.40. The molecule has 2 rings (SSSR count). The highest BCUT2D eigenvalue weighted by molar-refractivity contribution is 6.31. The summed E-state index contributed by atoms with van der Waals surface area (Å²) in [5, 5.41) is 19.4. The number of carboxylic acids is 1. The maximum atomic E-state index is 10.7. The number of hydrogen-bond donors (Lipinski definition) is 2. The third kappa shape index (κ3) is 1.66. The summed E-state index contributed by atoms with van der Waals surface area (Å²) in [6, 6.07) is 4.84. The van der Waals surface area contributed by atoms with Gasteiger partial charge in [0.05, 0.1) is 0 Å². The molecule has 0 aliphatic rings. The second-order valence-electron chi connectivity index (χ2n) is 3.45. The van der Waals surface area contributed by atoms with Crippen molar-refractivity contribution in [2.45, 2.75) is 13.0 Å². The van der Waals surface area contributed by atoms with Crippen molar-refractivity contribution in [3.05, 3.63) is 34.5 Å². The fourth-order valence-electron chi connectivity index (χ4n) is 1.68. The average molecular weight is 241 g/mol. The Hall–Kier alpha value is -1.52. The molecule has 0 spiro atoms. The number of rotatable bonds is 2. The smallest absolute Gasteiger partial charge is 0.337 e. The molecule has 0 amide bonds. The first-order chi connectivity index (χ1) is 7.50. The van der Waals surface area contributed by atoms with Crippen molar-refractivity contribution in [1.82, 2.24) is 0 Å². The molecule has 0 saturated carbocycles. The number of carboxylic acid groups (broad SMARTS) is 1. The van der Waals surface area contributed by atoms with Crippen molar-refractivity contribution in [2.24, 2.45) is 0 Å². The molecule has 0 aliphatic heterocycles. The van der Waals surface area contributed by atoms with Crippen LogP contribution in [0.25, 0.3) is 11.0 Å². The molecular formula is C11H9ClO4. The number of carbonyl (C=O) groups is 1. The molecule has 5 heteroatoms. The molecule has 2 N–H and O–H groups in total. The van der Waals surface area contributed by atoms with Gasteiger partial charge in [0.1, 0.15) is 11.3 Å². The van der Waals surface area contributed by atoms with Crippen LogP contribution in [0.2, 0.25) is 5.02 Å². The third-order valence-electron chi connectivity index (χ3n) is 2.38. The lowest BCUT2D eigenvalue weighted by Crippen LogP contribution is -2.10. The predicted octanol–water partition coefficient (Wildman–Crippen LogP) is 2.51. The number of aliphatic hydroxyl groups excluding tert-OH is 1. The standard InChI is InChI=1S/C11H9ClO4/c1-5-9(10(13)11(14)15)7-3-2-6(12)4-8(7)16-5/h2-4,10,13H,1H3,(H,14,15). The molecular weight excluding hydrogens is 232 g/mol. The number of fused-ring (bicyclic) bond motifs is 1. The Labute approximate surface area is 96.1 Å². The molecule has 1 aromatic carbocycles. The fraction of sp³-hybridized carbons (Fsp3) is 0.182. The number of aliphatic hydroxyl groups is 1. The maximum absolute atomic E-state index is 10.7. The predicted molar refractivity (Wildman–Crippen MR) is 58.6 cm³/mol. The second-order valence-corrected chi connectivity index (χ2v) is 3.89. The number of aryl methyl sites for hydroxylation is 1. The zero-order valence-corrected chi connectivity index (χ0v) is 9.15. The molecule has 0 saturated heterocycles. The van der Waals surface area contributed by atoms with Gasteiger partial charge in [-0.25, -0.2) is 4.79 Å². The SMILES string of the molecule is Cc1oc2cc(Cl)ccc2c1C(O)C(=O)O. The Balaban J connectivity index is 2.69. The van der Waals surface area contributed by atoms with Crippen molar-refractivity contribution in [3.63, 3.8) is 0 Å². The summed E-state index contributed by atoms with van der Waals surface area (Å²) in [4.78, 5) is 10.7. The van der Waals surface area contributed by atoms with Gasteiger partial charge in [-0.15, -0.1) is 0 Å². The molecule has 0 aliphatic carbocycles. The van der Waals surface area contributed by atoms with Crippen molar-refractivity contribution in [3.8, 4) is 0 Å². The summed E-state index contributed by atoms with van der Waals surface area (Å²) in [7, 11) is 0. The summed E-state index contributed by atoms with van der Waals surface area (Å²) in [5.41, 5.74) is 0.750. The Bertz CT molecular complexity index is 558. The first kappa shape index (κ1) is 11.0. The van der Waals surface area contributed by atoms with Gasteiger partial charge in [-0.1, -0.05) is 11.6 Å². The summed E-state index contributed by atoms with van der Waals surface area (Å²) < 4.78 is 5.34. The van der Waals surface area contributed by atoms with Gasteiger partial charge in [-0.3, -0.25) is 0 Å². The van der Waals surface area contributed by atoms with Crippen molar-refractivity contribution in [1.29, 1.82) is 0 Å². The van der Waals surface area contributed by atoms with Crippen LogP contribution in [0.4, 0.5) is 0 Å². The van der Waals surface area contributed by atoms with E-state index in [0.717, 1.165) is 0 Å². The Morgan fingerprint density at radius 2 is 2.19 bits per heavy atom. The summed E-state index contributed by atoms with van der Waals surface area (Å²) in [6.45, 7) is 1.61. The van der Waals surface area contributed by atoms with Crippen LogP contribution in [0.3, 0.4) is 0 Å². The monoisotopic (exact) mass is 240 g/mol. The molecule has 1 heterocycles. The molecule has 0 fully saturated rings. The van der Waals surface area contributed by atoms with E-state index in [9.17, 15) is 9.90 Å². The normalized spacial score (nSPS) is 12.9. The molecule has 1 unspecified atom stereocenters. The molecule has 4 nitrogen and oxygen atoms in total. The zero-order chi connectivity index (χ0) is 11.9. The fourth-order valence-corrected chi connectivity index (χ4v) is 1.84. The van der Waals surface area contributed by atoms with Gasteiger partial charge in [0.15, 0.2) is 6.10 Å². The Kier molecular flexibility index (Phi) is 2.61. The molecule has 1 aromatic heterocycles. The van der Waals surface area contributed by atoms with Crippen LogP contribution >= 0.6 is 11.6 Å². The minimum Gasteiger partial charge on any atom is -0.479 e. The highest BCUT2D eigenvalue weighted by atomic mass is 35.5. The number of hydrogen-bond acceptors (Lipinski definition) is 3. The van der Waals surface area contributed by atoms with Crippen LogP contribution in [0.15, 0.2) is 22.6 Å². The number of benzene rings is 1. The lowest BCUT2D eigenvalue weighted by atomic mass is 10.1. The molecule has 2 aromatic rings. The minimum absolute atomic E-state index is 0.277. The van der Waals surface area contributed by atoms with Gasteiger partial charge in [-0.05, 0) is 19.1 Å². The van der Waals surface area contributed by atoms with E-state index in [1.165, 1.54) is 0 Å². The Morgan fingerprint density at radius 3 is 2.81 bits per heavy atom. The highest BCUT2D eigenvalue weighted by Crippen LogP contribution is 2.32. The first-order valence-electron chi connectivity index (χ1n) is 4.60. The van der Waals surface area contributed by atoms with Crippen LogP contribution in [0, 0.1) is 6.92 Å². The van der Waals surface area contributed by atoms with Gasteiger partial charge in [0.25, 0.3) is 0 Å². The molecule has 0 radical (unpaired) electrons. The number of aliphatic carboxylic acids is 1. The quantitative estimate of drug-likeness (QED) is 0.846. The van der Waals surface area contributed by atoms with Crippen molar-refractivity contribution in [2.75, 3.05) is 0 Å². The van der Waals surface area contributed by atoms with Gasteiger partial charge in [-0.2, -0.15) is 0 Å². The third-order valence-corrected chi connectivity index (χ3v) is 2.62. The van der Waals surface area contributed by atoms with Crippen molar-refractivity contribution >= 4 is 28.5 Å². The lowest BCUT2D eigenvalue weighted by molar-refractivity contribution is -0.146. The van der Waals surface area contributed by atoms with E-state index >= 15 is 0 Å². The van der Waals surface area contributed by atoms with Gasteiger partial charge in [0.2, 0.25) is 0 Å². The van der Waals surface area contributed by atoms with E-state index in [0.29, 0.717) is 21.8 Å². The van der Waals surface area contributed by atoms with E-state index in [2.05, 4.69) is 0 Å². The van der Waals surface area contributed by atoms with E-state index < -0.39 is 12.1 Å². The van der Waals surface area contributed by atoms with E-state index in [1.54, 1.807) is 25.1 Å². The van der Waals surface area contributed by atoms with Crippen LogP contribution in [-0.2, 0) is 4.79 Å². The molecule has 16 heavy (non-hydrogen) atoms. The van der Waals surface area contributed by atoms with Gasteiger partial charge in [0, 0.05) is 22.0 Å².